The monoisotopic (exact) mass is 267 g/mol. The molecule has 2 rings (SSSR count). The molecule has 5 heteroatoms. The van der Waals surface area contributed by atoms with Crippen LogP contribution in [0.15, 0.2) is 12.1 Å². The topological polar surface area (TPSA) is 50.9 Å². The van der Waals surface area contributed by atoms with Crippen LogP contribution in [0.3, 0.4) is 0 Å². The SMILES string of the molecule is CSC(C)CNc1cc2nc(C)sc2cc1N. The highest BCUT2D eigenvalue weighted by molar-refractivity contribution is 7.99. The van der Waals surface area contributed by atoms with Crippen molar-refractivity contribution in [2.45, 2.75) is 19.1 Å². The van der Waals surface area contributed by atoms with E-state index in [0.717, 1.165) is 33.1 Å². The van der Waals surface area contributed by atoms with Crippen LogP contribution >= 0.6 is 23.1 Å². The Morgan fingerprint density at radius 2 is 2.29 bits per heavy atom. The zero-order valence-corrected chi connectivity index (χ0v) is 11.9. The van der Waals surface area contributed by atoms with Crippen LogP contribution in [0, 0.1) is 6.92 Å². The van der Waals surface area contributed by atoms with Crippen LogP contribution in [-0.4, -0.2) is 23.0 Å². The Labute approximate surface area is 110 Å². The van der Waals surface area contributed by atoms with Crippen LogP contribution in [0.4, 0.5) is 11.4 Å². The second kappa shape index (κ2) is 5.14. The first kappa shape index (κ1) is 12.5. The molecule has 0 aliphatic carbocycles. The zero-order valence-electron chi connectivity index (χ0n) is 10.3. The Balaban J connectivity index is 2.24. The van der Waals surface area contributed by atoms with E-state index in [1.54, 1.807) is 11.3 Å². The molecule has 0 radical (unpaired) electrons. The number of nitrogen functional groups attached to an aromatic ring is 1. The summed E-state index contributed by atoms with van der Waals surface area (Å²) in [4.78, 5) is 4.48. The van der Waals surface area contributed by atoms with Crippen LogP contribution in [-0.2, 0) is 0 Å². The smallest absolute Gasteiger partial charge is 0.0907 e. The van der Waals surface area contributed by atoms with Crippen molar-refractivity contribution >= 4 is 44.7 Å². The Kier molecular flexibility index (Phi) is 3.79. The molecule has 1 atom stereocenters. The molecule has 0 bridgehead atoms. The number of hydrogen-bond donors (Lipinski definition) is 2. The average molecular weight is 267 g/mol. The number of rotatable bonds is 4. The highest BCUT2D eigenvalue weighted by Gasteiger charge is 2.07. The van der Waals surface area contributed by atoms with Gasteiger partial charge in [-0.05, 0) is 25.3 Å². The molecule has 0 amide bonds. The van der Waals surface area contributed by atoms with E-state index < -0.39 is 0 Å². The van der Waals surface area contributed by atoms with Crippen molar-refractivity contribution in [1.29, 1.82) is 0 Å². The molecule has 1 unspecified atom stereocenters. The van der Waals surface area contributed by atoms with Gasteiger partial charge in [-0.3, -0.25) is 0 Å². The second-order valence-electron chi connectivity index (χ2n) is 4.07. The van der Waals surface area contributed by atoms with Crippen molar-refractivity contribution in [1.82, 2.24) is 4.98 Å². The molecular formula is C12H17N3S2. The summed E-state index contributed by atoms with van der Waals surface area (Å²) in [5.41, 5.74) is 8.85. The van der Waals surface area contributed by atoms with E-state index in [-0.39, 0.29) is 0 Å². The molecule has 2 aromatic rings. The first-order valence-corrected chi connectivity index (χ1v) is 7.64. The van der Waals surface area contributed by atoms with Crippen molar-refractivity contribution in [2.24, 2.45) is 0 Å². The van der Waals surface area contributed by atoms with E-state index >= 15 is 0 Å². The molecule has 1 aromatic carbocycles. The minimum atomic E-state index is 0.572. The molecule has 1 aromatic heterocycles. The average Bonchev–Trinajstić information content (AvgIpc) is 2.64. The molecule has 0 fully saturated rings. The Hall–Kier alpha value is -0.940. The number of benzene rings is 1. The fourth-order valence-electron chi connectivity index (χ4n) is 1.59. The first-order valence-electron chi connectivity index (χ1n) is 5.53. The summed E-state index contributed by atoms with van der Waals surface area (Å²) in [6.45, 7) is 5.13. The number of fused-ring (bicyclic) bond motifs is 1. The predicted molar refractivity (Wildman–Crippen MR) is 80.2 cm³/mol. The van der Waals surface area contributed by atoms with Crippen molar-refractivity contribution in [2.75, 3.05) is 23.9 Å². The summed E-state index contributed by atoms with van der Waals surface area (Å²) < 4.78 is 1.16. The largest absolute Gasteiger partial charge is 0.397 e. The van der Waals surface area contributed by atoms with E-state index in [1.807, 2.05) is 30.8 Å². The van der Waals surface area contributed by atoms with Gasteiger partial charge in [0.15, 0.2) is 0 Å². The summed E-state index contributed by atoms with van der Waals surface area (Å²) in [5, 5.41) is 5.03. The third-order valence-corrected chi connectivity index (χ3v) is 4.55. The Bertz CT molecular complexity index is 522. The fourth-order valence-corrected chi connectivity index (χ4v) is 2.70. The minimum absolute atomic E-state index is 0.572. The van der Waals surface area contributed by atoms with Gasteiger partial charge in [0, 0.05) is 11.8 Å². The van der Waals surface area contributed by atoms with Gasteiger partial charge in [-0.2, -0.15) is 11.8 Å². The highest BCUT2D eigenvalue weighted by atomic mass is 32.2. The normalized spacial score (nSPS) is 12.9. The minimum Gasteiger partial charge on any atom is -0.397 e. The van der Waals surface area contributed by atoms with Gasteiger partial charge in [0.25, 0.3) is 0 Å². The highest BCUT2D eigenvalue weighted by Crippen LogP contribution is 2.29. The molecule has 1 heterocycles. The molecule has 0 saturated carbocycles. The van der Waals surface area contributed by atoms with E-state index in [4.69, 9.17) is 5.73 Å². The van der Waals surface area contributed by atoms with Crippen molar-refractivity contribution in [3.63, 3.8) is 0 Å². The van der Waals surface area contributed by atoms with Crippen molar-refractivity contribution in [3.8, 4) is 0 Å². The van der Waals surface area contributed by atoms with Gasteiger partial charge in [-0.1, -0.05) is 6.92 Å². The lowest BCUT2D eigenvalue weighted by Crippen LogP contribution is -2.13. The number of nitrogens with two attached hydrogens (primary N) is 1. The third-order valence-electron chi connectivity index (χ3n) is 2.65. The number of nitrogens with zero attached hydrogens (tertiary/aromatic N) is 1. The van der Waals surface area contributed by atoms with Crippen LogP contribution in [0.5, 0.6) is 0 Å². The maximum absolute atomic E-state index is 6.03. The van der Waals surface area contributed by atoms with Gasteiger partial charge >= 0.3 is 0 Å². The third kappa shape index (κ3) is 2.84. The van der Waals surface area contributed by atoms with Gasteiger partial charge < -0.3 is 11.1 Å². The Morgan fingerprint density at radius 1 is 1.53 bits per heavy atom. The number of nitrogens with one attached hydrogen (secondary N) is 1. The summed E-state index contributed by atoms with van der Waals surface area (Å²) >= 11 is 3.52. The van der Waals surface area contributed by atoms with Crippen molar-refractivity contribution in [3.05, 3.63) is 17.1 Å². The van der Waals surface area contributed by atoms with Gasteiger partial charge in [0.1, 0.15) is 0 Å². The molecular weight excluding hydrogens is 250 g/mol. The van der Waals surface area contributed by atoms with Crippen LogP contribution < -0.4 is 11.1 Å². The lowest BCUT2D eigenvalue weighted by Gasteiger charge is -2.12. The number of aromatic nitrogens is 1. The van der Waals surface area contributed by atoms with Gasteiger partial charge in [-0.15, -0.1) is 11.3 Å². The number of hydrogen-bond acceptors (Lipinski definition) is 5. The fraction of sp³-hybridized carbons (Fsp3) is 0.417. The molecule has 3 nitrogen and oxygen atoms in total. The van der Waals surface area contributed by atoms with E-state index in [2.05, 4.69) is 23.5 Å². The molecule has 0 aliphatic heterocycles. The van der Waals surface area contributed by atoms with Gasteiger partial charge in [0.05, 0.1) is 26.6 Å². The van der Waals surface area contributed by atoms with Crippen LogP contribution in [0.25, 0.3) is 10.2 Å². The van der Waals surface area contributed by atoms with E-state index in [1.165, 1.54) is 0 Å². The van der Waals surface area contributed by atoms with E-state index in [9.17, 15) is 0 Å². The lowest BCUT2D eigenvalue weighted by molar-refractivity contribution is 1.00. The van der Waals surface area contributed by atoms with Gasteiger partial charge in [-0.25, -0.2) is 4.98 Å². The molecule has 0 spiro atoms. The Morgan fingerprint density at radius 3 is 3.00 bits per heavy atom. The zero-order chi connectivity index (χ0) is 12.4. The predicted octanol–water partition coefficient (Wildman–Crippen LogP) is 3.35. The summed E-state index contributed by atoms with van der Waals surface area (Å²) in [6.07, 6.45) is 2.11. The van der Waals surface area contributed by atoms with Crippen LogP contribution in [0.1, 0.15) is 11.9 Å². The molecule has 92 valence electrons. The van der Waals surface area contributed by atoms with Crippen molar-refractivity contribution < 1.29 is 0 Å². The van der Waals surface area contributed by atoms with Crippen LogP contribution in [0.2, 0.25) is 0 Å². The number of aryl methyl sites for hydroxylation is 1. The maximum atomic E-state index is 6.03. The lowest BCUT2D eigenvalue weighted by atomic mass is 10.2. The molecule has 0 aliphatic rings. The first-order chi connectivity index (χ1) is 8.10. The summed E-state index contributed by atoms with van der Waals surface area (Å²) in [7, 11) is 0. The van der Waals surface area contributed by atoms with Gasteiger partial charge in [0.2, 0.25) is 0 Å². The molecule has 3 N–H and O–H groups in total. The second-order valence-corrected chi connectivity index (χ2v) is 6.58. The number of thioether (sulfide) groups is 1. The summed E-state index contributed by atoms with van der Waals surface area (Å²) in [6, 6.07) is 4.05. The standard InChI is InChI=1S/C12H17N3S2/c1-7(16-3)6-14-10-5-11-12(4-9(10)13)17-8(2)15-11/h4-5,7,14H,6,13H2,1-3H3. The quantitative estimate of drug-likeness (QED) is 0.834. The maximum Gasteiger partial charge on any atom is 0.0907 e. The molecule has 17 heavy (non-hydrogen) atoms. The summed E-state index contributed by atoms with van der Waals surface area (Å²) in [5.74, 6) is 0. The molecule has 0 saturated heterocycles. The number of thiazole rings is 1. The number of anilines is 2. The van der Waals surface area contributed by atoms with E-state index in [0.29, 0.717) is 5.25 Å².